The molecule has 106 valence electrons. The molecule has 1 saturated carbocycles. The minimum absolute atomic E-state index is 0.0734. The van der Waals surface area contributed by atoms with E-state index in [0.29, 0.717) is 15.6 Å². The van der Waals surface area contributed by atoms with Crippen molar-refractivity contribution in [2.45, 2.75) is 37.5 Å². The maximum atomic E-state index is 12.4. The van der Waals surface area contributed by atoms with Gasteiger partial charge in [0.05, 0.1) is 5.75 Å². The molecule has 1 aliphatic carbocycles. The van der Waals surface area contributed by atoms with Gasteiger partial charge in [0.2, 0.25) is 10.0 Å². The van der Waals surface area contributed by atoms with Crippen molar-refractivity contribution in [3.05, 3.63) is 33.8 Å². The average Bonchev–Trinajstić information content (AvgIpc) is 2.85. The first-order valence-corrected chi connectivity index (χ1v) is 8.66. The van der Waals surface area contributed by atoms with Crippen LogP contribution in [0.4, 0.5) is 0 Å². The Bertz CT molecular complexity index is 554. The quantitative estimate of drug-likeness (QED) is 0.848. The summed E-state index contributed by atoms with van der Waals surface area (Å²) in [5, 5.41) is 0.909. The van der Waals surface area contributed by atoms with E-state index in [4.69, 9.17) is 23.2 Å². The van der Waals surface area contributed by atoms with Gasteiger partial charge >= 0.3 is 0 Å². The molecule has 0 aliphatic heterocycles. The lowest BCUT2D eigenvalue weighted by Gasteiger charge is -2.23. The van der Waals surface area contributed by atoms with Crippen LogP contribution in [-0.4, -0.2) is 25.8 Å². The normalized spacial score (nSPS) is 17.3. The van der Waals surface area contributed by atoms with E-state index in [9.17, 15) is 8.42 Å². The second kappa shape index (κ2) is 6.00. The van der Waals surface area contributed by atoms with E-state index in [1.54, 1.807) is 25.2 Å². The summed E-state index contributed by atoms with van der Waals surface area (Å²) in [6.07, 6.45) is 4.10. The highest BCUT2D eigenvalue weighted by molar-refractivity contribution is 7.88. The summed E-state index contributed by atoms with van der Waals surface area (Å²) < 4.78 is 26.2. The van der Waals surface area contributed by atoms with Crippen molar-refractivity contribution >= 4 is 33.2 Å². The van der Waals surface area contributed by atoms with Crippen LogP contribution in [0.1, 0.15) is 31.2 Å². The fourth-order valence-corrected chi connectivity index (χ4v) is 4.50. The van der Waals surface area contributed by atoms with Crippen LogP contribution < -0.4 is 0 Å². The maximum absolute atomic E-state index is 12.4. The van der Waals surface area contributed by atoms with Crippen molar-refractivity contribution in [2.24, 2.45) is 0 Å². The predicted molar refractivity (Wildman–Crippen MR) is 79.1 cm³/mol. The highest BCUT2D eigenvalue weighted by Gasteiger charge is 2.29. The Morgan fingerprint density at radius 3 is 2.47 bits per heavy atom. The first kappa shape index (κ1) is 15.1. The lowest BCUT2D eigenvalue weighted by atomic mass is 10.2. The van der Waals surface area contributed by atoms with Crippen molar-refractivity contribution in [3.63, 3.8) is 0 Å². The molecule has 1 aliphatic rings. The minimum atomic E-state index is -3.33. The summed E-state index contributed by atoms with van der Waals surface area (Å²) >= 11 is 11.8. The zero-order valence-electron chi connectivity index (χ0n) is 10.8. The van der Waals surface area contributed by atoms with Gasteiger partial charge in [0.15, 0.2) is 0 Å². The highest BCUT2D eigenvalue weighted by atomic mass is 35.5. The Labute approximate surface area is 124 Å². The molecular formula is C13H17Cl2NO2S. The summed E-state index contributed by atoms with van der Waals surface area (Å²) in [5.74, 6) is -0.0734. The summed E-state index contributed by atoms with van der Waals surface area (Å²) in [5.41, 5.74) is 0.593. The van der Waals surface area contributed by atoms with Crippen molar-refractivity contribution in [1.29, 1.82) is 0 Å². The molecule has 6 heteroatoms. The van der Waals surface area contributed by atoms with Crippen molar-refractivity contribution in [1.82, 2.24) is 4.31 Å². The minimum Gasteiger partial charge on any atom is -0.212 e. The smallest absolute Gasteiger partial charge is 0.212 e. The zero-order valence-corrected chi connectivity index (χ0v) is 13.1. The molecule has 1 aromatic rings. The molecule has 1 aromatic carbocycles. The van der Waals surface area contributed by atoms with Crippen LogP contribution in [0, 0.1) is 0 Å². The molecule has 0 unspecified atom stereocenters. The third kappa shape index (κ3) is 3.63. The van der Waals surface area contributed by atoms with Crippen molar-refractivity contribution in [2.75, 3.05) is 7.05 Å². The van der Waals surface area contributed by atoms with Crippen LogP contribution in [0.5, 0.6) is 0 Å². The van der Waals surface area contributed by atoms with Crippen LogP contribution in [0.15, 0.2) is 18.2 Å². The summed E-state index contributed by atoms with van der Waals surface area (Å²) in [4.78, 5) is 0. The first-order valence-electron chi connectivity index (χ1n) is 6.30. The molecule has 0 heterocycles. The van der Waals surface area contributed by atoms with Crippen LogP contribution in [0.2, 0.25) is 10.0 Å². The molecule has 2 rings (SSSR count). The Kier molecular flexibility index (Phi) is 4.77. The zero-order chi connectivity index (χ0) is 14.0. The van der Waals surface area contributed by atoms with Gasteiger partial charge < -0.3 is 0 Å². The Morgan fingerprint density at radius 1 is 1.26 bits per heavy atom. The molecule has 0 spiro atoms. The Morgan fingerprint density at radius 2 is 1.89 bits per heavy atom. The molecular weight excluding hydrogens is 305 g/mol. The van der Waals surface area contributed by atoms with E-state index in [-0.39, 0.29) is 11.8 Å². The number of nitrogens with zero attached hydrogens (tertiary/aromatic N) is 1. The number of hydrogen-bond donors (Lipinski definition) is 0. The number of halogens is 2. The average molecular weight is 322 g/mol. The third-order valence-electron chi connectivity index (χ3n) is 3.63. The van der Waals surface area contributed by atoms with Crippen molar-refractivity contribution < 1.29 is 8.42 Å². The van der Waals surface area contributed by atoms with Crippen LogP contribution in [0.25, 0.3) is 0 Å². The van der Waals surface area contributed by atoms with E-state index < -0.39 is 10.0 Å². The van der Waals surface area contributed by atoms with E-state index in [1.165, 1.54) is 4.31 Å². The molecule has 0 amide bonds. The van der Waals surface area contributed by atoms with Gasteiger partial charge in [-0.1, -0.05) is 42.1 Å². The summed E-state index contributed by atoms with van der Waals surface area (Å²) in [7, 11) is -1.66. The number of sulfonamides is 1. The molecule has 0 N–H and O–H groups in total. The standard InChI is InChI=1S/C13H17Cl2NO2S/c1-16(12-4-2-3-5-12)19(17,18)9-10-6-7-11(14)8-13(10)15/h6-8,12H,2-5,9H2,1H3. The van der Waals surface area contributed by atoms with Gasteiger partial charge in [0.1, 0.15) is 0 Å². The fraction of sp³-hybridized carbons (Fsp3) is 0.538. The van der Waals surface area contributed by atoms with Crippen molar-refractivity contribution in [3.8, 4) is 0 Å². The third-order valence-corrected chi connectivity index (χ3v) is 6.07. The number of rotatable bonds is 4. The molecule has 19 heavy (non-hydrogen) atoms. The number of hydrogen-bond acceptors (Lipinski definition) is 2. The second-order valence-electron chi connectivity index (χ2n) is 4.95. The van der Waals surface area contributed by atoms with Gasteiger partial charge in [-0.25, -0.2) is 12.7 Å². The Hall–Kier alpha value is -0.290. The van der Waals surface area contributed by atoms with E-state index in [2.05, 4.69) is 0 Å². The lowest BCUT2D eigenvalue weighted by molar-refractivity contribution is 0.372. The predicted octanol–water partition coefficient (Wildman–Crippen LogP) is 3.70. The van der Waals surface area contributed by atoms with Gasteiger partial charge in [-0.2, -0.15) is 0 Å². The molecule has 0 atom stereocenters. The second-order valence-corrected chi connectivity index (χ2v) is 7.82. The highest BCUT2D eigenvalue weighted by Crippen LogP contribution is 2.28. The summed E-state index contributed by atoms with van der Waals surface area (Å²) in [6.45, 7) is 0. The maximum Gasteiger partial charge on any atom is 0.218 e. The van der Waals surface area contributed by atoms with Gasteiger partial charge in [-0.05, 0) is 30.5 Å². The molecule has 0 radical (unpaired) electrons. The van der Waals surface area contributed by atoms with E-state index >= 15 is 0 Å². The van der Waals surface area contributed by atoms with Gasteiger partial charge in [0, 0.05) is 23.1 Å². The van der Waals surface area contributed by atoms with Crippen LogP contribution in [0.3, 0.4) is 0 Å². The molecule has 1 fully saturated rings. The SMILES string of the molecule is CN(C1CCCC1)S(=O)(=O)Cc1ccc(Cl)cc1Cl. The number of benzene rings is 1. The summed E-state index contributed by atoms with van der Waals surface area (Å²) in [6, 6.07) is 5.04. The van der Waals surface area contributed by atoms with Gasteiger partial charge in [-0.3, -0.25) is 0 Å². The van der Waals surface area contributed by atoms with E-state index in [1.807, 2.05) is 0 Å². The first-order chi connectivity index (χ1) is 8.90. The molecule has 0 aromatic heterocycles. The van der Waals surface area contributed by atoms with E-state index in [0.717, 1.165) is 25.7 Å². The molecule has 0 bridgehead atoms. The lowest BCUT2D eigenvalue weighted by Crippen LogP contribution is -2.36. The van der Waals surface area contributed by atoms with Crippen LogP contribution in [-0.2, 0) is 15.8 Å². The molecule has 0 saturated heterocycles. The molecule has 3 nitrogen and oxygen atoms in total. The fourth-order valence-electron chi connectivity index (χ4n) is 2.43. The topological polar surface area (TPSA) is 37.4 Å². The van der Waals surface area contributed by atoms with Gasteiger partial charge in [-0.15, -0.1) is 0 Å². The van der Waals surface area contributed by atoms with Gasteiger partial charge in [0.25, 0.3) is 0 Å². The largest absolute Gasteiger partial charge is 0.218 e. The monoisotopic (exact) mass is 321 g/mol. The van der Waals surface area contributed by atoms with Crippen LogP contribution >= 0.6 is 23.2 Å². The Balaban J connectivity index is 2.16.